The van der Waals surface area contributed by atoms with Crippen molar-refractivity contribution in [3.63, 3.8) is 0 Å². The first-order valence-corrected chi connectivity index (χ1v) is 6.33. The summed E-state index contributed by atoms with van der Waals surface area (Å²) in [6, 6.07) is 0. The van der Waals surface area contributed by atoms with Gasteiger partial charge in [0.1, 0.15) is 17.5 Å². The SMILES string of the molecule is CCCc1nc(N)c(C)c(NCCc2ncno2)n1. The molecular weight excluding hydrogens is 244 g/mol. The summed E-state index contributed by atoms with van der Waals surface area (Å²) >= 11 is 0. The van der Waals surface area contributed by atoms with Crippen LogP contribution < -0.4 is 11.1 Å². The van der Waals surface area contributed by atoms with Gasteiger partial charge in [-0.05, 0) is 13.3 Å². The molecule has 2 rings (SSSR count). The van der Waals surface area contributed by atoms with E-state index < -0.39 is 0 Å². The van der Waals surface area contributed by atoms with E-state index in [9.17, 15) is 0 Å². The zero-order chi connectivity index (χ0) is 13.7. The molecule has 7 heteroatoms. The number of nitrogen functional groups attached to an aromatic ring is 1. The van der Waals surface area contributed by atoms with Crippen LogP contribution in [0.2, 0.25) is 0 Å². The fourth-order valence-electron chi connectivity index (χ4n) is 1.68. The second kappa shape index (κ2) is 6.12. The Hall–Kier alpha value is -2.18. The first-order chi connectivity index (χ1) is 9.20. The largest absolute Gasteiger partial charge is 0.383 e. The molecule has 0 fully saturated rings. The Morgan fingerprint density at radius 1 is 1.32 bits per heavy atom. The Morgan fingerprint density at radius 3 is 2.84 bits per heavy atom. The molecule has 3 N–H and O–H groups in total. The molecular formula is C12H18N6O. The van der Waals surface area contributed by atoms with E-state index in [1.807, 2.05) is 6.92 Å². The quantitative estimate of drug-likeness (QED) is 0.810. The second-order valence-electron chi connectivity index (χ2n) is 4.26. The topological polar surface area (TPSA) is 103 Å². The van der Waals surface area contributed by atoms with E-state index in [0.717, 1.165) is 30.0 Å². The normalized spacial score (nSPS) is 10.6. The monoisotopic (exact) mass is 262 g/mol. The van der Waals surface area contributed by atoms with Crippen molar-refractivity contribution in [2.24, 2.45) is 0 Å². The third-order valence-corrected chi connectivity index (χ3v) is 2.74. The van der Waals surface area contributed by atoms with Crippen molar-refractivity contribution in [2.45, 2.75) is 33.1 Å². The average molecular weight is 262 g/mol. The second-order valence-corrected chi connectivity index (χ2v) is 4.26. The number of nitrogens with two attached hydrogens (primary N) is 1. The van der Waals surface area contributed by atoms with E-state index in [1.165, 1.54) is 6.33 Å². The third kappa shape index (κ3) is 3.40. The van der Waals surface area contributed by atoms with Gasteiger partial charge in [0, 0.05) is 24.9 Å². The Bertz CT molecular complexity index is 525. The summed E-state index contributed by atoms with van der Waals surface area (Å²) in [5.74, 6) is 2.67. The van der Waals surface area contributed by atoms with E-state index in [-0.39, 0.29) is 0 Å². The summed E-state index contributed by atoms with van der Waals surface area (Å²) in [7, 11) is 0. The molecule has 0 aliphatic heterocycles. The predicted molar refractivity (Wildman–Crippen MR) is 71.7 cm³/mol. The number of hydrogen-bond acceptors (Lipinski definition) is 7. The van der Waals surface area contributed by atoms with Crippen LogP contribution in [0.25, 0.3) is 0 Å². The number of hydrogen-bond donors (Lipinski definition) is 2. The highest BCUT2D eigenvalue weighted by atomic mass is 16.5. The Labute approximate surface area is 111 Å². The molecule has 0 aliphatic rings. The van der Waals surface area contributed by atoms with Crippen molar-refractivity contribution in [3.05, 3.63) is 23.6 Å². The van der Waals surface area contributed by atoms with Gasteiger partial charge in [0.05, 0.1) is 0 Å². The van der Waals surface area contributed by atoms with E-state index in [4.69, 9.17) is 10.3 Å². The van der Waals surface area contributed by atoms with Crippen LogP contribution in [0.5, 0.6) is 0 Å². The molecule has 0 bridgehead atoms. The van der Waals surface area contributed by atoms with Gasteiger partial charge in [0.15, 0.2) is 6.33 Å². The van der Waals surface area contributed by atoms with E-state index in [2.05, 4.69) is 32.3 Å². The molecule has 2 aromatic heterocycles. The van der Waals surface area contributed by atoms with Crippen molar-refractivity contribution >= 4 is 11.6 Å². The lowest BCUT2D eigenvalue weighted by Crippen LogP contribution is -2.12. The molecule has 0 saturated heterocycles. The highest BCUT2D eigenvalue weighted by molar-refractivity contribution is 5.54. The highest BCUT2D eigenvalue weighted by Crippen LogP contribution is 2.17. The summed E-state index contributed by atoms with van der Waals surface area (Å²) in [5.41, 5.74) is 6.75. The summed E-state index contributed by atoms with van der Waals surface area (Å²) in [6.45, 7) is 4.65. The standard InChI is InChI=1S/C12H18N6O/c1-3-4-9-17-11(13)8(2)12(18-9)14-6-5-10-15-7-16-19-10/h7H,3-6H2,1-2H3,(H3,13,14,17,18). The maximum absolute atomic E-state index is 5.89. The van der Waals surface area contributed by atoms with Crippen LogP contribution >= 0.6 is 0 Å². The fourth-order valence-corrected chi connectivity index (χ4v) is 1.68. The molecule has 0 radical (unpaired) electrons. The van der Waals surface area contributed by atoms with Crippen molar-refractivity contribution < 1.29 is 4.52 Å². The number of anilines is 2. The van der Waals surface area contributed by atoms with Gasteiger partial charge >= 0.3 is 0 Å². The average Bonchev–Trinajstić information content (AvgIpc) is 2.88. The number of aryl methyl sites for hydroxylation is 1. The minimum Gasteiger partial charge on any atom is -0.383 e. The molecule has 19 heavy (non-hydrogen) atoms. The van der Waals surface area contributed by atoms with Gasteiger partial charge < -0.3 is 15.6 Å². The Kier molecular flexibility index (Phi) is 4.27. The van der Waals surface area contributed by atoms with Crippen molar-refractivity contribution in [1.82, 2.24) is 20.1 Å². The van der Waals surface area contributed by atoms with Crippen LogP contribution in [0.15, 0.2) is 10.9 Å². The molecule has 0 spiro atoms. The van der Waals surface area contributed by atoms with Gasteiger partial charge in [0.2, 0.25) is 5.89 Å². The predicted octanol–water partition coefficient (Wildman–Crippen LogP) is 1.36. The smallest absolute Gasteiger partial charge is 0.228 e. The molecule has 0 saturated carbocycles. The molecule has 2 heterocycles. The van der Waals surface area contributed by atoms with Gasteiger partial charge in [-0.1, -0.05) is 12.1 Å². The van der Waals surface area contributed by atoms with Crippen LogP contribution in [0.4, 0.5) is 11.6 Å². The Balaban J connectivity index is 2.02. The van der Waals surface area contributed by atoms with Crippen molar-refractivity contribution in [3.8, 4) is 0 Å². The molecule has 0 unspecified atom stereocenters. The van der Waals surface area contributed by atoms with Crippen LogP contribution in [0.3, 0.4) is 0 Å². The van der Waals surface area contributed by atoms with Crippen LogP contribution in [0.1, 0.15) is 30.6 Å². The minimum atomic E-state index is 0.527. The molecule has 0 aromatic carbocycles. The lowest BCUT2D eigenvalue weighted by Gasteiger charge is -2.11. The molecule has 7 nitrogen and oxygen atoms in total. The third-order valence-electron chi connectivity index (χ3n) is 2.74. The van der Waals surface area contributed by atoms with Crippen LogP contribution in [0, 0.1) is 6.92 Å². The first kappa shape index (κ1) is 13.3. The number of rotatable bonds is 6. The summed E-state index contributed by atoms with van der Waals surface area (Å²) in [4.78, 5) is 12.7. The molecule has 0 aliphatic carbocycles. The van der Waals surface area contributed by atoms with Gasteiger partial charge in [-0.25, -0.2) is 9.97 Å². The summed E-state index contributed by atoms with van der Waals surface area (Å²) in [5, 5.41) is 6.79. The number of nitrogens with zero attached hydrogens (tertiary/aromatic N) is 4. The maximum atomic E-state index is 5.89. The summed E-state index contributed by atoms with van der Waals surface area (Å²) < 4.78 is 4.93. The van der Waals surface area contributed by atoms with Gasteiger partial charge in [-0.2, -0.15) is 4.98 Å². The van der Waals surface area contributed by atoms with Crippen molar-refractivity contribution in [2.75, 3.05) is 17.6 Å². The number of aromatic nitrogens is 4. The van der Waals surface area contributed by atoms with E-state index in [0.29, 0.717) is 24.7 Å². The van der Waals surface area contributed by atoms with E-state index >= 15 is 0 Å². The van der Waals surface area contributed by atoms with Gasteiger partial charge in [0.25, 0.3) is 0 Å². The van der Waals surface area contributed by atoms with Gasteiger partial charge in [-0.15, -0.1) is 0 Å². The van der Waals surface area contributed by atoms with Crippen molar-refractivity contribution in [1.29, 1.82) is 0 Å². The molecule has 2 aromatic rings. The molecule has 0 amide bonds. The highest BCUT2D eigenvalue weighted by Gasteiger charge is 2.08. The maximum Gasteiger partial charge on any atom is 0.228 e. The lowest BCUT2D eigenvalue weighted by molar-refractivity contribution is 0.379. The lowest BCUT2D eigenvalue weighted by atomic mass is 10.2. The number of nitrogens with one attached hydrogen (secondary N) is 1. The minimum absolute atomic E-state index is 0.527. The summed E-state index contributed by atoms with van der Waals surface area (Å²) in [6.07, 6.45) is 3.85. The van der Waals surface area contributed by atoms with Gasteiger partial charge in [-0.3, -0.25) is 0 Å². The molecule has 102 valence electrons. The zero-order valence-electron chi connectivity index (χ0n) is 11.2. The zero-order valence-corrected chi connectivity index (χ0v) is 11.2. The molecule has 0 atom stereocenters. The van der Waals surface area contributed by atoms with Crippen LogP contribution in [-0.4, -0.2) is 26.7 Å². The fraction of sp³-hybridized carbons (Fsp3) is 0.500. The van der Waals surface area contributed by atoms with E-state index in [1.54, 1.807) is 0 Å². The van der Waals surface area contributed by atoms with Crippen LogP contribution in [-0.2, 0) is 12.8 Å². The first-order valence-electron chi connectivity index (χ1n) is 6.33. The Morgan fingerprint density at radius 2 is 2.16 bits per heavy atom.